The number of nitrogens with zero attached hydrogens (tertiary/aromatic N) is 2. The van der Waals surface area contributed by atoms with E-state index in [0.717, 1.165) is 17.1 Å². The van der Waals surface area contributed by atoms with E-state index in [4.69, 9.17) is 0 Å². The van der Waals surface area contributed by atoms with Crippen LogP contribution in [0.3, 0.4) is 0 Å². The molecule has 0 aliphatic carbocycles. The van der Waals surface area contributed by atoms with Crippen LogP contribution in [0.4, 0.5) is 0 Å². The predicted octanol–water partition coefficient (Wildman–Crippen LogP) is 2.53. The maximum absolute atomic E-state index is 10.8. The molecule has 15 heavy (non-hydrogen) atoms. The number of carbonyl (C=O) groups excluding carboxylic acids is 1. The van der Waals surface area contributed by atoms with Crippen LogP contribution in [-0.2, 0) is 0 Å². The number of ketones is 1. The lowest BCUT2D eigenvalue weighted by Gasteiger charge is -2.00. The zero-order valence-electron chi connectivity index (χ0n) is 10.4. The molecule has 0 radical (unpaired) electrons. The molecule has 0 atom stereocenters. The Morgan fingerprint density at radius 1 is 1.40 bits per heavy atom. The average molecular weight is 228 g/mol. The van der Waals surface area contributed by atoms with Gasteiger partial charge in [0.25, 0.3) is 0 Å². The Hall–Kier alpha value is -0.740. The van der Waals surface area contributed by atoms with Crippen LogP contribution in [-0.4, -0.2) is 36.3 Å². The number of aryl methyl sites for hydroxylation is 2. The van der Waals surface area contributed by atoms with Crippen molar-refractivity contribution in [2.75, 3.05) is 20.6 Å². The van der Waals surface area contributed by atoms with Crippen molar-refractivity contribution in [3.63, 3.8) is 0 Å². The van der Waals surface area contributed by atoms with Gasteiger partial charge in [-0.1, -0.05) is 6.92 Å². The lowest BCUT2D eigenvalue weighted by molar-refractivity contribution is 0.101. The van der Waals surface area contributed by atoms with Crippen LogP contribution < -0.4 is 0 Å². The monoisotopic (exact) mass is 228 g/mol. The lowest BCUT2D eigenvalue weighted by Crippen LogP contribution is -2.08. The van der Waals surface area contributed by atoms with Gasteiger partial charge in [0, 0.05) is 11.8 Å². The second-order valence-electron chi connectivity index (χ2n) is 3.61. The molecule has 1 heterocycles. The van der Waals surface area contributed by atoms with Gasteiger partial charge in [-0.05, 0) is 34.5 Å². The number of rotatable bonds is 2. The molecule has 0 saturated heterocycles. The highest BCUT2D eigenvalue weighted by Crippen LogP contribution is 2.16. The fraction of sp³-hybridized carbons (Fsp3) is 0.636. The second kappa shape index (κ2) is 6.69. The SMILES string of the molecule is CC(=O)c1nc(C)c(C)s1.CCN(C)C. The van der Waals surface area contributed by atoms with Crippen LogP contribution in [0.25, 0.3) is 0 Å². The molecule has 0 aliphatic heterocycles. The third kappa shape index (κ3) is 5.64. The molecule has 1 aromatic heterocycles. The van der Waals surface area contributed by atoms with Gasteiger partial charge in [-0.15, -0.1) is 11.3 Å². The van der Waals surface area contributed by atoms with Crippen molar-refractivity contribution in [1.82, 2.24) is 9.88 Å². The summed E-state index contributed by atoms with van der Waals surface area (Å²) in [4.78, 5) is 18.1. The number of hydrogen-bond donors (Lipinski definition) is 0. The number of thiazole rings is 1. The molecule has 0 amide bonds. The van der Waals surface area contributed by atoms with E-state index >= 15 is 0 Å². The molecule has 0 spiro atoms. The second-order valence-corrected chi connectivity index (χ2v) is 4.82. The Morgan fingerprint density at radius 2 is 1.87 bits per heavy atom. The first-order chi connectivity index (χ1) is 6.88. The van der Waals surface area contributed by atoms with Gasteiger partial charge in [-0.25, -0.2) is 4.98 Å². The van der Waals surface area contributed by atoms with Crippen LogP contribution in [0.15, 0.2) is 0 Å². The molecular weight excluding hydrogens is 208 g/mol. The zero-order valence-corrected chi connectivity index (χ0v) is 11.2. The molecule has 0 aliphatic rings. The number of aromatic nitrogens is 1. The maximum Gasteiger partial charge on any atom is 0.188 e. The predicted molar refractivity (Wildman–Crippen MR) is 65.8 cm³/mol. The summed E-state index contributed by atoms with van der Waals surface area (Å²) in [6, 6.07) is 0. The largest absolute Gasteiger partial charge is 0.310 e. The van der Waals surface area contributed by atoms with Crippen LogP contribution in [0.2, 0.25) is 0 Å². The van der Waals surface area contributed by atoms with Gasteiger partial charge in [-0.2, -0.15) is 0 Å². The van der Waals surface area contributed by atoms with Gasteiger partial charge >= 0.3 is 0 Å². The van der Waals surface area contributed by atoms with Crippen LogP contribution in [0.1, 0.15) is 34.2 Å². The summed E-state index contributed by atoms with van der Waals surface area (Å²) >= 11 is 1.46. The van der Waals surface area contributed by atoms with E-state index in [0.29, 0.717) is 5.01 Å². The lowest BCUT2D eigenvalue weighted by atomic mass is 10.4. The minimum atomic E-state index is 0.0567. The van der Waals surface area contributed by atoms with Gasteiger partial charge < -0.3 is 4.90 Å². The van der Waals surface area contributed by atoms with Gasteiger partial charge in [0.1, 0.15) is 0 Å². The Labute approximate surface area is 96.1 Å². The normalized spacial score (nSPS) is 9.80. The van der Waals surface area contributed by atoms with Crippen molar-refractivity contribution in [1.29, 1.82) is 0 Å². The topological polar surface area (TPSA) is 33.2 Å². The minimum Gasteiger partial charge on any atom is -0.310 e. The van der Waals surface area contributed by atoms with Crippen molar-refractivity contribution >= 4 is 17.1 Å². The van der Waals surface area contributed by atoms with E-state index in [9.17, 15) is 4.79 Å². The van der Waals surface area contributed by atoms with E-state index in [-0.39, 0.29) is 5.78 Å². The first-order valence-electron chi connectivity index (χ1n) is 4.98. The molecule has 4 heteroatoms. The smallest absolute Gasteiger partial charge is 0.188 e. The molecule has 0 bridgehead atoms. The van der Waals surface area contributed by atoms with Crippen molar-refractivity contribution in [2.24, 2.45) is 0 Å². The molecule has 0 unspecified atom stereocenters. The van der Waals surface area contributed by atoms with Crippen molar-refractivity contribution in [3.8, 4) is 0 Å². The molecular formula is C11H20N2OS. The highest BCUT2D eigenvalue weighted by atomic mass is 32.1. The van der Waals surface area contributed by atoms with Crippen molar-refractivity contribution < 1.29 is 4.79 Å². The fourth-order valence-corrected chi connectivity index (χ4v) is 1.43. The summed E-state index contributed by atoms with van der Waals surface area (Å²) in [7, 11) is 4.11. The van der Waals surface area contributed by atoms with Crippen molar-refractivity contribution in [2.45, 2.75) is 27.7 Å². The number of carbonyl (C=O) groups is 1. The van der Waals surface area contributed by atoms with Gasteiger partial charge in [0.05, 0.1) is 5.69 Å². The van der Waals surface area contributed by atoms with Crippen LogP contribution in [0, 0.1) is 13.8 Å². The molecule has 0 aromatic carbocycles. The Kier molecular flexibility index (Phi) is 6.36. The molecule has 0 fully saturated rings. The molecule has 86 valence electrons. The third-order valence-corrected chi connectivity index (χ3v) is 3.14. The molecule has 3 nitrogen and oxygen atoms in total. The third-order valence-electron chi connectivity index (χ3n) is 1.96. The van der Waals surface area contributed by atoms with Gasteiger partial charge in [0.15, 0.2) is 10.8 Å². The zero-order chi connectivity index (χ0) is 12.0. The molecule has 0 N–H and O–H groups in total. The number of hydrogen-bond acceptors (Lipinski definition) is 4. The first-order valence-corrected chi connectivity index (χ1v) is 5.79. The van der Waals surface area contributed by atoms with E-state index in [2.05, 4.69) is 30.9 Å². The standard InChI is InChI=1S/C7H9NOS.C4H11N/c1-4-6(3)10-7(8-4)5(2)9;1-4-5(2)3/h1-3H3;4H2,1-3H3. The van der Waals surface area contributed by atoms with E-state index in [1.54, 1.807) is 0 Å². The molecule has 0 saturated carbocycles. The van der Waals surface area contributed by atoms with E-state index in [1.165, 1.54) is 18.3 Å². The molecule has 1 aromatic rings. The summed E-state index contributed by atoms with van der Waals surface area (Å²) in [5, 5.41) is 0.620. The summed E-state index contributed by atoms with van der Waals surface area (Å²) in [6.07, 6.45) is 0. The summed E-state index contributed by atoms with van der Waals surface area (Å²) in [6.45, 7) is 8.69. The average Bonchev–Trinajstić information content (AvgIpc) is 2.48. The van der Waals surface area contributed by atoms with Crippen molar-refractivity contribution in [3.05, 3.63) is 15.6 Å². The maximum atomic E-state index is 10.8. The number of Topliss-reactive ketones (excluding diaryl/α,β-unsaturated/α-hetero) is 1. The Bertz CT molecular complexity index is 299. The summed E-state index contributed by atoms with van der Waals surface area (Å²) < 4.78 is 0. The van der Waals surface area contributed by atoms with Crippen LogP contribution in [0.5, 0.6) is 0 Å². The summed E-state index contributed by atoms with van der Waals surface area (Å²) in [5.41, 5.74) is 0.968. The van der Waals surface area contributed by atoms with Gasteiger partial charge in [-0.3, -0.25) is 4.79 Å². The van der Waals surface area contributed by atoms with Gasteiger partial charge in [0.2, 0.25) is 0 Å². The summed E-state index contributed by atoms with van der Waals surface area (Å²) in [5.74, 6) is 0.0567. The van der Waals surface area contributed by atoms with E-state index in [1.807, 2.05) is 13.8 Å². The Balaban J connectivity index is 0.000000336. The highest BCUT2D eigenvalue weighted by molar-refractivity contribution is 7.13. The highest BCUT2D eigenvalue weighted by Gasteiger charge is 2.06. The first kappa shape index (κ1) is 14.3. The quantitative estimate of drug-likeness (QED) is 0.729. The fourth-order valence-electron chi connectivity index (χ4n) is 0.623. The van der Waals surface area contributed by atoms with E-state index < -0.39 is 0 Å². The molecule has 1 rings (SSSR count). The minimum absolute atomic E-state index is 0.0567. The van der Waals surface area contributed by atoms with Crippen LogP contribution >= 0.6 is 11.3 Å². The Morgan fingerprint density at radius 3 is 2.00 bits per heavy atom.